The van der Waals surface area contributed by atoms with Crippen molar-refractivity contribution >= 4 is 11.9 Å². The fraction of sp³-hybridized carbons (Fsp3) is 0.882. The first-order chi connectivity index (χ1) is 10.2. The molecule has 0 aromatic rings. The first kappa shape index (κ1) is 18.0. The van der Waals surface area contributed by atoms with Gasteiger partial charge in [-0.05, 0) is 19.3 Å². The second-order valence-electron chi connectivity index (χ2n) is 6.02. The molecule has 1 amide bonds. The number of unbranched alkanes of at least 4 members (excludes halogenated alkanes) is 1. The normalized spacial score (nSPS) is 16.9. The molecule has 1 saturated carbocycles. The Morgan fingerprint density at radius 3 is 2.24 bits per heavy atom. The van der Waals surface area contributed by atoms with Gasteiger partial charge in [0, 0.05) is 19.0 Å². The smallest absolute Gasteiger partial charge is 0.307 e. The maximum absolute atomic E-state index is 12.5. The standard InChI is InChI=1S/C17H31NO3/c1-3-4-12-16(19)18(14-13-17(20)21-2)15-10-8-6-5-7-9-11-15/h15H,3-14H2,1-2H3. The quantitative estimate of drug-likeness (QED) is 0.673. The SMILES string of the molecule is CCCCC(=O)N(CCC(=O)OC)C1CCCCCCC1. The predicted octanol–water partition coefficient (Wildman–Crippen LogP) is 3.68. The monoisotopic (exact) mass is 297 g/mol. The zero-order valence-electron chi connectivity index (χ0n) is 13.7. The molecule has 21 heavy (non-hydrogen) atoms. The lowest BCUT2D eigenvalue weighted by molar-refractivity contribution is -0.142. The molecule has 0 heterocycles. The molecular weight excluding hydrogens is 266 g/mol. The van der Waals surface area contributed by atoms with E-state index < -0.39 is 0 Å². The van der Waals surface area contributed by atoms with Gasteiger partial charge in [-0.2, -0.15) is 0 Å². The largest absolute Gasteiger partial charge is 0.469 e. The first-order valence-corrected chi connectivity index (χ1v) is 8.55. The van der Waals surface area contributed by atoms with E-state index in [0.29, 0.717) is 25.4 Å². The summed E-state index contributed by atoms with van der Waals surface area (Å²) in [4.78, 5) is 25.8. The van der Waals surface area contributed by atoms with Gasteiger partial charge in [-0.15, -0.1) is 0 Å². The maximum atomic E-state index is 12.5. The predicted molar refractivity (Wildman–Crippen MR) is 84.0 cm³/mol. The average Bonchev–Trinajstić information content (AvgIpc) is 2.46. The van der Waals surface area contributed by atoms with Crippen molar-refractivity contribution in [1.82, 2.24) is 4.90 Å². The van der Waals surface area contributed by atoms with Crippen LogP contribution in [-0.2, 0) is 14.3 Å². The molecule has 1 aliphatic rings. The molecule has 0 radical (unpaired) electrons. The Bertz CT molecular complexity index is 309. The molecule has 0 saturated heterocycles. The van der Waals surface area contributed by atoms with Crippen molar-refractivity contribution in [1.29, 1.82) is 0 Å². The van der Waals surface area contributed by atoms with E-state index in [-0.39, 0.29) is 11.9 Å². The van der Waals surface area contributed by atoms with Crippen LogP contribution in [0.5, 0.6) is 0 Å². The fourth-order valence-electron chi connectivity index (χ4n) is 3.04. The van der Waals surface area contributed by atoms with E-state index in [1.165, 1.54) is 39.2 Å². The highest BCUT2D eigenvalue weighted by Gasteiger charge is 2.24. The highest BCUT2D eigenvalue weighted by Crippen LogP contribution is 2.22. The molecule has 1 aliphatic carbocycles. The van der Waals surface area contributed by atoms with Crippen molar-refractivity contribution in [2.75, 3.05) is 13.7 Å². The summed E-state index contributed by atoms with van der Waals surface area (Å²) >= 11 is 0. The van der Waals surface area contributed by atoms with Crippen molar-refractivity contribution in [2.24, 2.45) is 0 Å². The van der Waals surface area contributed by atoms with Crippen molar-refractivity contribution in [3.05, 3.63) is 0 Å². The molecule has 0 bridgehead atoms. The molecule has 0 atom stereocenters. The maximum Gasteiger partial charge on any atom is 0.307 e. The molecule has 4 nitrogen and oxygen atoms in total. The van der Waals surface area contributed by atoms with Gasteiger partial charge in [0.15, 0.2) is 0 Å². The summed E-state index contributed by atoms with van der Waals surface area (Å²) in [5.41, 5.74) is 0. The van der Waals surface area contributed by atoms with Gasteiger partial charge in [-0.25, -0.2) is 0 Å². The minimum absolute atomic E-state index is 0.214. The summed E-state index contributed by atoms with van der Waals surface area (Å²) in [5.74, 6) is -0.0135. The van der Waals surface area contributed by atoms with E-state index in [2.05, 4.69) is 6.92 Å². The van der Waals surface area contributed by atoms with Gasteiger partial charge in [-0.1, -0.05) is 45.4 Å². The number of carbonyl (C=O) groups is 2. The number of hydrogen-bond acceptors (Lipinski definition) is 3. The Morgan fingerprint density at radius 2 is 1.67 bits per heavy atom. The Kier molecular flexibility index (Phi) is 9.11. The second kappa shape index (κ2) is 10.6. The Hall–Kier alpha value is -1.06. The van der Waals surface area contributed by atoms with Gasteiger partial charge >= 0.3 is 5.97 Å². The molecule has 0 N–H and O–H groups in total. The molecule has 122 valence electrons. The zero-order valence-corrected chi connectivity index (χ0v) is 13.7. The van der Waals surface area contributed by atoms with Crippen LogP contribution in [0, 0.1) is 0 Å². The van der Waals surface area contributed by atoms with E-state index in [9.17, 15) is 9.59 Å². The van der Waals surface area contributed by atoms with E-state index in [1.807, 2.05) is 4.90 Å². The Morgan fingerprint density at radius 1 is 1.05 bits per heavy atom. The van der Waals surface area contributed by atoms with Gasteiger partial charge in [-0.3, -0.25) is 9.59 Å². The van der Waals surface area contributed by atoms with Crippen LogP contribution < -0.4 is 0 Å². The van der Waals surface area contributed by atoms with Crippen LogP contribution in [0.2, 0.25) is 0 Å². The molecule has 0 unspecified atom stereocenters. The minimum atomic E-state index is -0.228. The van der Waals surface area contributed by atoms with Crippen molar-refractivity contribution in [3.8, 4) is 0 Å². The third-order valence-corrected chi connectivity index (χ3v) is 4.36. The Labute approximate surface area is 129 Å². The molecule has 0 aromatic carbocycles. The number of ether oxygens (including phenoxy) is 1. The number of nitrogens with zero attached hydrogens (tertiary/aromatic N) is 1. The molecule has 1 rings (SSSR count). The fourth-order valence-corrected chi connectivity index (χ4v) is 3.04. The van der Waals surface area contributed by atoms with Crippen LogP contribution in [0.3, 0.4) is 0 Å². The van der Waals surface area contributed by atoms with Crippen molar-refractivity contribution in [2.45, 2.75) is 83.6 Å². The number of amides is 1. The van der Waals surface area contributed by atoms with Gasteiger partial charge in [0.2, 0.25) is 5.91 Å². The van der Waals surface area contributed by atoms with E-state index in [1.54, 1.807) is 0 Å². The van der Waals surface area contributed by atoms with Crippen molar-refractivity contribution in [3.63, 3.8) is 0 Å². The first-order valence-electron chi connectivity index (χ1n) is 8.55. The van der Waals surface area contributed by atoms with E-state index >= 15 is 0 Å². The Balaban J connectivity index is 2.62. The molecule has 0 spiro atoms. The molecular formula is C17H31NO3. The topological polar surface area (TPSA) is 46.6 Å². The van der Waals surface area contributed by atoms with Gasteiger partial charge < -0.3 is 9.64 Å². The summed E-state index contributed by atoms with van der Waals surface area (Å²) in [5, 5.41) is 0. The lowest BCUT2D eigenvalue weighted by Crippen LogP contribution is -2.42. The third-order valence-electron chi connectivity index (χ3n) is 4.36. The molecule has 1 fully saturated rings. The van der Waals surface area contributed by atoms with E-state index in [0.717, 1.165) is 25.7 Å². The molecule has 0 aliphatic heterocycles. The molecule has 0 aromatic heterocycles. The van der Waals surface area contributed by atoms with Gasteiger partial charge in [0.25, 0.3) is 0 Å². The van der Waals surface area contributed by atoms with Crippen LogP contribution >= 0.6 is 0 Å². The number of carbonyl (C=O) groups excluding carboxylic acids is 2. The summed E-state index contributed by atoms with van der Waals surface area (Å²) in [6, 6.07) is 0.319. The lowest BCUT2D eigenvalue weighted by atomic mass is 9.95. The van der Waals surface area contributed by atoms with Crippen molar-refractivity contribution < 1.29 is 14.3 Å². The zero-order chi connectivity index (χ0) is 15.5. The number of hydrogen-bond donors (Lipinski definition) is 0. The minimum Gasteiger partial charge on any atom is -0.469 e. The van der Waals surface area contributed by atoms with Gasteiger partial charge in [0.1, 0.15) is 0 Å². The average molecular weight is 297 g/mol. The van der Waals surface area contributed by atoms with Crippen LogP contribution in [-0.4, -0.2) is 36.5 Å². The lowest BCUT2D eigenvalue weighted by Gasteiger charge is -2.33. The summed E-state index contributed by atoms with van der Waals surface area (Å²) < 4.78 is 4.72. The van der Waals surface area contributed by atoms with E-state index in [4.69, 9.17) is 4.74 Å². The number of rotatable bonds is 7. The van der Waals surface area contributed by atoms with Crippen LogP contribution in [0.25, 0.3) is 0 Å². The number of esters is 1. The third kappa shape index (κ3) is 6.96. The summed E-state index contributed by atoms with van der Waals surface area (Å²) in [7, 11) is 1.40. The summed E-state index contributed by atoms with van der Waals surface area (Å²) in [6.45, 7) is 2.61. The van der Waals surface area contributed by atoms with Crippen LogP contribution in [0.15, 0.2) is 0 Å². The molecule has 4 heteroatoms. The number of methoxy groups -OCH3 is 1. The highest BCUT2D eigenvalue weighted by atomic mass is 16.5. The summed E-state index contributed by atoms with van der Waals surface area (Å²) in [6.07, 6.45) is 11.3. The second-order valence-corrected chi connectivity index (χ2v) is 6.02. The van der Waals surface area contributed by atoms with Gasteiger partial charge in [0.05, 0.1) is 13.5 Å². The highest BCUT2D eigenvalue weighted by molar-refractivity contribution is 5.77. The van der Waals surface area contributed by atoms with Crippen LogP contribution in [0.1, 0.15) is 77.6 Å². The van der Waals surface area contributed by atoms with Crippen LogP contribution in [0.4, 0.5) is 0 Å².